The van der Waals surface area contributed by atoms with Crippen molar-refractivity contribution >= 4 is 15.7 Å². The van der Waals surface area contributed by atoms with Crippen molar-refractivity contribution in [3.63, 3.8) is 0 Å². The number of hydrogen-bond donors (Lipinski definition) is 0. The minimum absolute atomic E-state index is 0.0969. The third-order valence-corrected chi connectivity index (χ3v) is 4.23. The second-order valence-corrected chi connectivity index (χ2v) is 7.20. The second-order valence-electron chi connectivity index (χ2n) is 5.06. The Morgan fingerprint density at radius 1 is 1.40 bits per heavy atom. The van der Waals surface area contributed by atoms with E-state index < -0.39 is 15.6 Å². The average Bonchev–Trinajstić information content (AvgIpc) is 2.85. The van der Waals surface area contributed by atoms with Crippen molar-refractivity contribution in [3.05, 3.63) is 29.8 Å². The van der Waals surface area contributed by atoms with Gasteiger partial charge in [0.05, 0.1) is 13.2 Å². The first-order valence-corrected chi connectivity index (χ1v) is 8.58. The van der Waals surface area contributed by atoms with Gasteiger partial charge in [0.25, 0.3) is 0 Å². The number of carbonyl (C=O) groups is 1. The number of sulfone groups is 1. The molecule has 1 aromatic carbocycles. The molecule has 6 heteroatoms. The Balaban J connectivity index is 2.25. The van der Waals surface area contributed by atoms with E-state index in [1.807, 2.05) is 24.3 Å². The molecule has 0 radical (unpaired) electrons. The van der Waals surface area contributed by atoms with Gasteiger partial charge in [-0.05, 0) is 18.9 Å². The molecule has 1 aromatic rings. The van der Waals surface area contributed by atoms with Gasteiger partial charge in [0.2, 0.25) is 5.91 Å². The molecule has 1 saturated heterocycles. The zero-order valence-corrected chi connectivity index (χ0v) is 12.5. The van der Waals surface area contributed by atoms with Crippen LogP contribution in [0.3, 0.4) is 0 Å². The van der Waals surface area contributed by atoms with E-state index in [1.54, 1.807) is 12.0 Å². The van der Waals surface area contributed by atoms with Gasteiger partial charge in [0.1, 0.15) is 11.5 Å². The predicted molar refractivity (Wildman–Crippen MR) is 76.4 cm³/mol. The minimum atomic E-state index is -3.30. The molecule has 0 aliphatic carbocycles. The number of para-hydroxylation sites is 1. The van der Waals surface area contributed by atoms with Gasteiger partial charge in [-0.1, -0.05) is 18.2 Å². The van der Waals surface area contributed by atoms with Crippen molar-refractivity contribution in [2.75, 3.05) is 25.7 Å². The van der Waals surface area contributed by atoms with E-state index >= 15 is 0 Å². The normalized spacial score (nSPS) is 19.1. The molecular formula is C14H19NO4S. The van der Waals surface area contributed by atoms with Crippen LogP contribution in [0.15, 0.2) is 24.3 Å². The summed E-state index contributed by atoms with van der Waals surface area (Å²) in [4.78, 5) is 13.8. The van der Waals surface area contributed by atoms with Crippen LogP contribution in [0.25, 0.3) is 0 Å². The second kappa shape index (κ2) is 5.83. The summed E-state index contributed by atoms with van der Waals surface area (Å²) in [5, 5.41) is 0. The summed E-state index contributed by atoms with van der Waals surface area (Å²) in [6, 6.07) is 7.46. The molecule has 0 saturated carbocycles. The van der Waals surface area contributed by atoms with Gasteiger partial charge in [-0.15, -0.1) is 0 Å². The highest BCUT2D eigenvalue weighted by atomic mass is 32.2. The topological polar surface area (TPSA) is 63.7 Å². The first-order valence-electron chi connectivity index (χ1n) is 6.52. The molecule has 1 atom stereocenters. The van der Waals surface area contributed by atoms with E-state index in [-0.39, 0.29) is 11.9 Å². The summed E-state index contributed by atoms with van der Waals surface area (Å²) in [7, 11) is -1.71. The lowest BCUT2D eigenvalue weighted by Crippen LogP contribution is -2.35. The van der Waals surface area contributed by atoms with Crippen molar-refractivity contribution in [1.29, 1.82) is 0 Å². The number of ether oxygens (including phenoxy) is 1. The molecular weight excluding hydrogens is 278 g/mol. The zero-order valence-electron chi connectivity index (χ0n) is 11.7. The van der Waals surface area contributed by atoms with Crippen LogP contribution >= 0.6 is 0 Å². The highest BCUT2D eigenvalue weighted by Gasteiger charge is 2.32. The Hall–Kier alpha value is -1.56. The van der Waals surface area contributed by atoms with Crippen molar-refractivity contribution in [1.82, 2.24) is 4.90 Å². The van der Waals surface area contributed by atoms with E-state index in [2.05, 4.69) is 0 Å². The number of nitrogens with zero attached hydrogens (tertiary/aromatic N) is 1. The lowest BCUT2D eigenvalue weighted by atomic mass is 10.0. The van der Waals surface area contributed by atoms with Gasteiger partial charge in [0, 0.05) is 18.4 Å². The molecule has 0 spiro atoms. The SMILES string of the molecule is COc1ccccc1[C@@H]1CCCN1C(=O)CS(C)(=O)=O. The van der Waals surface area contributed by atoms with Crippen molar-refractivity contribution in [2.45, 2.75) is 18.9 Å². The zero-order chi connectivity index (χ0) is 14.8. The first kappa shape index (κ1) is 14.8. The third kappa shape index (κ3) is 3.30. The van der Waals surface area contributed by atoms with Gasteiger partial charge in [-0.25, -0.2) is 8.42 Å². The van der Waals surface area contributed by atoms with Gasteiger partial charge in [-0.3, -0.25) is 4.79 Å². The van der Waals surface area contributed by atoms with E-state index in [0.717, 1.165) is 30.4 Å². The molecule has 0 aromatic heterocycles. The summed E-state index contributed by atoms with van der Waals surface area (Å²) >= 11 is 0. The number of rotatable bonds is 4. The molecule has 20 heavy (non-hydrogen) atoms. The fourth-order valence-corrected chi connectivity index (χ4v) is 3.25. The summed E-state index contributed by atoms with van der Waals surface area (Å²) in [5.41, 5.74) is 0.939. The number of benzene rings is 1. The molecule has 1 aliphatic heterocycles. The fraction of sp³-hybridized carbons (Fsp3) is 0.500. The third-order valence-electron chi connectivity index (χ3n) is 3.46. The van der Waals surface area contributed by atoms with E-state index in [0.29, 0.717) is 6.54 Å². The van der Waals surface area contributed by atoms with E-state index in [1.165, 1.54) is 0 Å². The molecule has 0 N–H and O–H groups in total. The summed E-state index contributed by atoms with van der Waals surface area (Å²) in [6.07, 6.45) is 2.78. The van der Waals surface area contributed by atoms with Crippen LogP contribution in [0.5, 0.6) is 5.75 Å². The maximum Gasteiger partial charge on any atom is 0.238 e. The van der Waals surface area contributed by atoms with E-state index in [4.69, 9.17) is 4.74 Å². The summed E-state index contributed by atoms with van der Waals surface area (Å²) in [5.74, 6) is -0.0315. The number of methoxy groups -OCH3 is 1. The number of likely N-dealkylation sites (tertiary alicyclic amines) is 1. The maximum atomic E-state index is 12.2. The summed E-state index contributed by atoms with van der Waals surface area (Å²) in [6.45, 7) is 0.594. The fourth-order valence-electron chi connectivity index (χ4n) is 2.64. The molecule has 1 amide bonds. The van der Waals surface area contributed by atoms with Crippen LogP contribution in [0, 0.1) is 0 Å². The van der Waals surface area contributed by atoms with Crippen molar-refractivity contribution in [3.8, 4) is 5.75 Å². The van der Waals surface area contributed by atoms with Crippen molar-refractivity contribution < 1.29 is 17.9 Å². The lowest BCUT2D eigenvalue weighted by Gasteiger charge is -2.26. The Bertz CT molecular complexity index is 597. The molecule has 110 valence electrons. The Labute approximate surface area is 119 Å². The van der Waals surface area contributed by atoms with Crippen LogP contribution < -0.4 is 4.74 Å². The summed E-state index contributed by atoms with van der Waals surface area (Å²) < 4.78 is 27.9. The van der Waals surface area contributed by atoms with Crippen LogP contribution in [0.4, 0.5) is 0 Å². The lowest BCUT2D eigenvalue weighted by molar-refractivity contribution is -0.129. The number of carbonyl (C=O) groups excluding carboxylic acids is 1. The number of amides is 1. The molecule has 1 fully saturated rings. The number of hydrogen-bond acceptors (Lipinski definition) is 4. The van der Waals surface area contributed by atoms with Crippen LogP contribution in [0.1, 0.15) is 24.4 Å². The largest absolute Gasteiger partial charge is 0.496 e. The molecule has 1 heterocycles. The molecule has 1 aliphatic rings. The Kier molecular flexibility index (Phi) is 4.32. The van der Waals surface area contributed by atoms with Gasteiger partial charge in [-0.2, -0.15) is 0 Å². The van der Waals surface area contributed by atoms with Crippen molar-refractivity contribution in [2.24, 2.45) is 0 Å². The smallest absolute Gasteiger partial charge is 0.238 e. The van der Waals surface area contributed by atoms with Crippen LogP contribution in [-0.4, -0.2) is 44.9 Å². The van der Waals surface area contributed by atoms with Gasteiger partial charge in [0.15, 0.2) is 9.84 Å². The van der Waals surface area contributed by atoms with Crippen LogP contribution in [-0.2, 0) is 14.6 Å². The highest BCUT2D eigenvalue weighted by molar-refractivity contribution is 7.91. The average molecular weight is 297 g/mol. The van der Waals surface area contributed by atoms with Crippen LogP contribution in [0.2, 0.25) is 0 Å². The minimum Gasteiger partial charge on any atom is -0.496 e. The predicted octanol–water partition coefficient (Wildman–Crippen LogP) is 1.40. The monoisotopic (exact) mass is 297 g/mol. The Morgan fingerprint density at radius 2 is 2.10 bits per heavy atom. The van der Waals surface area contributed by atoms with Gasteiger partial charge < -0.3 is 9.64 Å². The molecule has 5 nitrogen and oxygen atoms in total. The molecule has 2 rings (SSSR count). The Morgan fingerprint density at radius 3 is 2.75 bits per heavy atom. The first-order chi connectivity index (χ1) is 9.42. The quantitative estimate of drug-likeness (QED) is 0.843. The molecule has 0 bridgehead atoms. The van der Waals surface area contributed by atoms with E-state index in [9.17, 15) is 13.2 Å². The standard InChI is InChI=1S/C14H19NO4S/c1-19-13-8-4-3-6-11(13)12-7-5-9-15(12)14(16)10-20(2,17)18/h3-4,6,8,12H,5,7,9-10H2,1-2H3/t12-/m0/s1. The van der Waals surface area contributed by atoms with Gasteiger partial charge >= 0.3 is 0 Å². The molecule has 0 unspecified atom stereocenters. The maximum absolute atomic E-state index is 12.2. The highest BCUT2D eigenvalue weighted by Crippen LogP contribution is 2.36.